The van der Waals surface area contributed by atoms with Gasteiger partial charge >= 0.3 is 5.97 Å². The van der Waals surface area contributed by atoms with Gasteiger partial charge in [0.05, 0.1) is 17.4 Å². The molecule has 1 heterocycles. The van der Waals surface area contributed by atoms with Crippen LogP contribution in [0, 0.1) is 11.8 Å². The third-order valence-corrected chi connectivity index (χ3v) is 5.06. The first-order valence-corrected chi connectivity index (χ1v) is 7.70. The number of aliphatic carboxylic acids is 1. The van der Waals surface area contributed by atoms with Crippen molar-refractivity contribution < 1.29 is 23.1 Å². The lowest BCUT2D eigenvalue weighted by molar-refractivity contribution is -0.143. The summed E-state index contributed by atoms with van der Waals surface area (Å²) in [4.78, 5) is 11.1. The van der Waals surface area contributed by atoms with Crippen LogP contribution in [0.2, 0.25) is 0 Å². The van der Waals surface area contributed by atoms with Gasteiger partial charge in [-0.25, -0.2) is 8.42 Å². The molecule has 0 spiro atoms. The zero-order valence-corrected chi connectivity index (χ0v) is 10.9. The standard InChI is InChI=1S/C11H20O5S/c1-16-6-3-2-4-10(11(12)13)9-5-7-17(14,15)8-9/h9-10H,2-8H2,1H3,(H,12,13). The fraction of sp³-hybridized carbons (Fsp3) is 0.909. The molecule has 6 heteroatoms. The summed E-state index contributed by atoms with van der Waals surface area (Å²) in [6, 6.07) is 0. The van der Waals surface area contributed by atoms with Crippen LogP contribution in [-0.2, 0) is 19.4 Å². The van der Waals surface area contributed by atoms with Crippen molar-refractivity contribution in [3.8, 4) is 0 Å². The summed E-state index contributed by atoms with van der Waals surface area (Å²) < 4.78 is 27.6. The molecular formula is C11H20O5S. The van der Waals surface area contributed by atoms with Gasteiger partial charge in [-0.1, -0.05) is 6.42 Å². The van der Waals surface area contributed by atoms with Crippen LogP contribution < -0.4 is 0 Å². The maximum absolute atomic E-state index is 11.3. The van der Waals surface area contributed by atoms with E-state index in [0.717, 1.165) is 12.8 Å². The van der Waals surface area contributed by atoms with E-state index in [1.807, 2.05) is 0 Å². The lowest BCUT2D eigenvalue weighted by Crippen LogP contribution is -2.24. The molecule has 2 unspecified atom stereocenters. The van der Waals surface area contributed by atoms with Gasteiger partial charge in [0.1, 0.15) is 0 Å². The van der Waals surface area contributed by atoms with Crippen LogP contribution in [0.4, 0.5) is 0 Å². The number of hydrogen-bond donors (Lipinski definition) is 1. The quantitative estimate of drug-likeness (QED) is 0.692. The van der Waals surface area contributed by atoms with Gasteiger partial charge in [0.25, 0.3) is 0 Å². The molecule has 100 valence electrons. The van der Waals surface area contributed by atoms with Gasteiger partial charge in [0.15, 0.2) is 9.84 Å². The predicted octanol–water partition coefficient (Wildman–Crippen LogP) is 0.939. The topological polar surface area (TPSA) is 80.7 Å². The minimum atomic E-state index is -3.00. The molecule has 0 saturated carbocycles. The minimum absolute atomic E-state index is 0.0360. The van der Waals surface area contributed by atoms with Crippen molar-refractivity contribution >= 4 is 15.8 Å². The average Bonchev–Trinajstić information content (AvgIpc) is 2.58. The summed E-state index contributed by atoms with van der Waals surface area (Å²) in [5, 5.41) is 9.13. The van der Waals surface area contributed by atoms with E-state index in [2.05, 4.69) is 0 Å². The number of carbonyl (C=O) groups is 1. The van der Waals surface area contributed by atoms with Crippen LogP contribution in [0.5, 0.6) is 0 Å². The van der Waals surface area contributed by atoms with Crippen molar-refractivity contribution in [3.05, 3.63) is 0 Å². The van der Waals surface area contributed by atoms with Crippen LogP contribution in [0.15, 0.2) is 0 Å². The highest BCUT2D eigenvalue weighted by Crippen LogP contribution is 2.29. The Labute approximate surface area is 102 Å². The SMILES string of the molecule is COCCCCC(C(=O)O)C1CCS(=O)(=O)C1. The number of rotatable bonds is 7. The molecule has 0 aromatic rings. The first-order valence-electron chi connectivity index (χ1n) is 5.88. The van der Waals surface area contributed by atoms with Crippen molar-refractivity contribution in [2.24, 2.45) is 11.8 Å². The zero-order chi connectivity index (χ0) is 12.9. The highest BCUT2D eigenvalue weighted by atomic mass is 32.2. The third-order valence-electron chi connectivity index (χ3n) is 3.27. The molecule has 1 aliphatic rings. The zero-order valence-electron chi connectivity index (χ0n) is 10.1. The minimum Gasteiger partial charge on any atom is -0.481 e. The summed E-state index contributed by atoms with van der Waals surface area (Å²) in [6.07, 6.45) is 2.61. The second-order valence-corrected chi connectivity index (χ2v) is 6.83. The summed E-state index contributed by atoms with van der Waals surface area (Å²) in [5.41, 5.74) is 0. The summed E-state index contributed by atoms with van der Waals surface area (Å²) in [5.74, 6) is -1.43. The molecule has 1 rings (SSSR count). The van der Waals surface area contributed by atoms with Crippen molar-refractivity contribution in [3.63, 3.8) is 0 Å². The molecule has 0 aromatic heterocycles. The molecule has 17 heavy (non-hydrogen) atoms. The molecule has 0 amide bonds. The normalized spacial score (nSPS) is 24.6. The fourth-order valence-electron chi connectivity index (χ4n) is 2.31. The largest absolute Gasteiger partial charge is 0.481 e. The van der Waals surface area contributed by atoms with E-state index >= 15 is 0 Å². The van der Waals surface area contributed by atoms with E-state index in [9.17, 15) is 13.2 Å². The van der Waals surface area contributed by atoms with Gasteiger partial charge in [-0.15, -0.1) is 0 Å². The lowest BCUT2D eigenvalue weighted by Gasteiger charge is -2.17. The monoisotopic (exact) mass is 264 g/mol. The molecule has 0 aliphatic carbocycles. The number of carboxylic acids is 1. The van der Waals surface area contributed by atoms with Crippen LogP contribution in [0.3, 0.4) is 0 Å². The second kappa shape index (κ2) is 6.35. The number of sulfone groups is 1. The van der Waals surface area contributed by atoms with Gasteiger partial charge in [-0.2, -0.15) is 0 Å². The maximum Gasteiger partial charge on any atom is 0.306 e. The summed E-state index contributed by atoms with van der Waals surface area (Å²) in [6.45, 7) is 0.620. The van der Waals surface area contributed by atoms with Crippen LogP contribution in [0.25, 0.3) is 0 Å². The number of carboxylic acid groups (broad SMARTS) is 1. The van der Waals surface area contributed by atoms with Crippen LogP contribution in [0.1, 0.15) is 25.7 Å². The average molecular weight is 264 g/mol. The van der Waals surface area contributed by atoms with E-state index in [1.54, 1.807) is 7.11 Å². The Morgan fingerprint density at radius 2 is 2.18 bits per heavy atom. The highest BCUT2D eigenvalue weighted by Gasteiger charge is 2.36. The summed E-state index contributed by atoms with van der Waals surface area (Å²) >= 11 is 0. The van der Waals surface area contributed by atoms with Crippen LogP contribution >= 0.6 is 0 Å². The van der Waals surface area contributed by atoms with Crippen LogP contribution in [-0.4, -0.2) is 44.7 Å². The van der Waals surface area contributed by atoms with Gasteiger partial charge in [-0.05, 0) is 25.2 Å². The number of hydrogen-bond acceptors (Lipinski definition) is 4. The first-order chi connectivity index (χ1) is 7.96. The maximum atomic E-state index is 11.3. The highest BCUT2D eigenvalue weighted by molar-refractivity contribution is 7.91. The molecule has 1 fully saturated rings. The summed E-state index contributed by atoms with van der Waals surface area (Å²) in [7, 11) is -1.39. The molecule has 1 saturated heterocycles. The van der Waals surface area contributed by atoms with E-state index in [1.165, 1.54) is 0 Å². The smallest absolute Gasteiger partial charge is 0.306 e. The Morgan fingerprint density at radius 3 is 2.65 bits per heavy atom. The number of ether oxygens (including phenoxy) is 1. The van der Waals surface area contributed by atoms with Gasteiger partial charge in [0, 0.05) is 13.7 Å². The second-order valence-electron chi connectivity index (χ2n) is 4.60. The molecule has 1 N–H and O–H groups in total. The van der Waals surface area contributed by atoms with Crippen molar-refractivity contribution in [2.75, 3.05) is 25.2 Å². The van der Waals surface area contributed by atoms with Gasteiger partial charge < -0.3 is 9.84 Å². The molecule has 5 nitrogen and oxygen atoms in total. The Morgan fingerprint density at radius 1 is 1.47 bits per heavy atom. The van der Waals surface area contributed by atoms with Crippen molar-refractivity contribution in [1.29, 1.82) is 0 Å². The predicted molar refractivity (Wildman–Crippen MR) is 63.6 cm³/mol. The number of unbranched alkanes of at least 4 members (excludes halogenated alkanes) is 1. The molecule has 0 radical (unpaired) electrons. The Hall–Kier alpha value is -0.620. The Kier molecular flexibility index (Phi) is 5.39. The Bertz CT molecular complexity index is 349. The molecule has 0 bridgehead atoms. The molecule has 2 atom stereocenters. The Balaban J connectivity index is 2.47. The van der Waals surface area contributed by atoms with Crippen molar-refractivity contribution in [2.45, 2.75) is 25.7 Å². The van der Waals surface area contributed by atoms with E-state index < -0.39 is 21.7 Å². The lowest BCUT2D eigenvalue weighted by atomic mass is 9.87. The van der Waals surface area contributed by atoms with Crippen molar-refractivity contribution in [1.82, 2.24) is 0 Å². The van der Waals surface area contributed by atoms with Gasteiger partial charge in [0.2, 0.25) is 0 Å². The van der Waals surface area contributed by atoms with E-state index in [-0.39, 0.29) is 17.4 Å². The van der Waals surface area contributed by atoms with E-state index in [0.29, 0.717) is 19.4 Å². The third kappa shape index (κ3) is 4.63. The molecular weight excluding hydrogens is 244 g/mol. The first kappa shape index (κ1) is 14.4. The number of methoxy groups -OCH3 is 1. The molecule has 0 aromatic carbocycles. The fourth-order valence-corrected chi connectivity index (χ4v) is 4.19. The molecule has 1 aliphatic heterocycles. The van der Waals surface area contributed by atoms with E-state index in [4.69, 9.17) is 9.84 Å². The van der Waals surface area contributed by atoms with Gasteiger partial charge in [-0.3, -0.25) is 4.79 Å².